The molecule has 2 aromatic carbocycles. The summed E-state index contributed by atoms with van der Waals surface area (Å²) in [5.41, 5.74) is 1.83. The van der Waals surface area contributed by atoms with E-state index in [0.29, 0.717) is 36.6 Å². The van der Waals surface area contributed by atoms with Crippen LogP contribution in [-0.4, -0.2) is 51.1 Å². The topological polar surface area (TPSA) is 59.1 Å². The number of hydrogen-bond donors (Lipinski definition) is 0. The number of anilines is 1. The highest BCUT2D eigenvalue weighted by molar-refractivity contribution is 6.09. The molecule has 6 nitrogen and oxygen atoms in total. The molecule has 0 bridgehead atoms. The standard InChI is InChI=1S/C21H22N2O4/c1-22-16-7-5-4-6-15(16)21(20(22)25)10-11-23(13-21)19(24)14-8-9-17(26-2)18(12-14)27-3/h4-9,12H,10-11,13H2,1-3H3. The van der Waals surface area contributed by atoms with Gasteiger partial charge in [0.25, 0.3) is 5.91 Å². The van der Waals surface area contributed by atoms with Gasteiger partial charge in [-0.05, 0) is 36.2 Å². The molecule has 1 spiro atoms. The van der Waals surface area contributed by atoms with E-state index in [1.54, 1.807) is 49.3 Å². The Morgan fingerprint density at radius 2 is 1.81 bits per heavy atom. The number of likely N-dealkylation sites (N-methyl/N-ethyl adjacent to an activating group) is 1. The van der Waals surface area contributed by atoms with Gasteiger partial charge in [0.15, 0.2) is 11.5 Å². The summed E-state index contributed by atoms with van der Waals surface area (Å²) in [6.45, 7) is 0.932. The molecule has 1 saturated heterocycles. The normalized spacial score (nSPS) is 20.9. The summed E-state index contributed by atoms with van der Waals surface area (Å²) in [6, 6.07) is 13.0. The second-order valence-corrected chi connectivity index (χ2v) is 7.01. The highest BCUT2D eigenvalue weighted by Crippen LogP contribution is 2.46. The van der Waals surface area contributed by atoms with Crippen molar-refractivity contribution in [3.05, 3.63) is 53.6 Å². The lowest BCUT2D eigenvalue weighted by Gasteiger charge is -2.23. The van der Waals surface area contributed by atoms with Crippen molar-refractivity contribution in [2.24, 2.45) is 0 Å². The number of benzene rings is 2. The number of likely N-dealkylation sites (tertiary alicyclic amines) is 1. The zero-order valence-corrected chi connectivity index (χ0v) is 15.7. The molecule has 2 aliphatic rings. The fourth-order valence-corrected chi connectivity index (χ4v) is 4.25. The largest absolute Gasteiger partial charge is 0.493 e. The summed E-state index contributed by atoms with van der Waals surface area (Å²) in [5, 5.41) is 0. The Labute approximate surface area is 158 Å². The number of nitrogens with zero attached hydrogens (tertiary/aromatic N) is 2. The van der Waals surface area contributed by atoms with Gasteiger partial charge < -0.3 is 19.3 Å². The fourth-order valence-electron chi connectivity index (χ4n) is 4.25. The van der Waals surface area contributed by atoms with Gasteiger partial charge in [-0.15, -0.1) is 0 Å². The molecule has 2 amide bonds. The average molecular weight is 366 g/mol. The highest BCUT2D eigenvalue weighted by Gasteiger charge is 2.54. The molecule has 4 rings (SSSR count). The monoisotopic (exact) mass is 366 g/mol. The predicted molar refractivity (Wildman–Crippen MR) is 102 cm³/mol. The lowest BCUT2D eigenvalue weighted by molar-refractivity contribution is -0.122. The quantitative estimate of drug-likeness (QED) is 0.837. The Balaban J connectivity index is 1.64. The Morgan fingerprint density at radius 3 is 2.56 bits per heavy atom. The number of carbonyl (C=O) groups excluding carboxylic acids is 2. The predicted octanol–water partition coefficient (Wildman–Crippen LogP) is 2.46. The Hall–Kier alpha value is -3.02. The molecule has 27 heavy (non-hydrogen) atoms. The van der Waals surface area contributed by atoms with Crippen LogP contribution in [0, 0.1) is 0 Å². The van der Waals surface area contributed by atoms with E-state index < -0.39 is 5.41 Å². The molecule has 6 heteroatoms. The van der Waals surface area contributed by atoms with E-state index in [1.165, 1.54) is 0 Å². The third kappa shape index (κ3) is 2.47. The molecule has 0 radical (unpaired) electrons. The number of hydrogen-bond acceptors (Lipinski definition) is 4. The molecule has 2 heterocycles. The summed E-state index contributed by atoms with van der Waals surface area (Å²) in [5.74, 6) is 1.05. The van der Waals surface area contributed by atoms with Crippen molar-refractivity contribution in [2.45, 2.75) is 11.8 Å². The molecule has 0 N–H and O–H groups in total. The summed E-state index contributed by atoms with van der Waals surface area (Å²) < 4.78 is 10.5. The molecule has 1 unspecified atom stereocenters. The SMILES string of the molecule is COc1ccc(C(=O)N2CCC3(C2)C(=O)N(C)c2ccccc23)cc1OC. The van der Waals surface area contributed by atoms with E-state index in [2.05, 4.69) is 0 Å². The maximum Gasteiger partial charge on any atom is 0.254 e. The minimum absolute atomic E-state index is 0.0614. The Kier molecular flexibility index (Phi) is 4.06. The molecular formula is C21H22N2O4. The molecule has 2 aliphatic heterocycles. The van der Waals surface area contributed by atoms with Gasteiger partial charge in [-0.25, -0.2) is 0 Å². The van der Waals surface area contributed by atoms with Crippen LogP contribution in [0.4, 0.5) is 5.69 Å². The van der Waals surface area contributed by atoms with E-state index in [4.69, 9.17) is 9.47 Å². The van der Waals surface area contributed by atoms with E-state index >= 15 is 0 Å². The first-order valence-electron chi connectivity index (χ1n) is 8.91. The van der Waals surface area contributed by atoms with Gasteiger partial charge in [0.2, 0.25) is 5.91 Å². The van der Waals surface area contributed by atoms with Crippen molar-refractivity contribution in [1.82, 2.24) is 4.90 Å². The fraction of sp³-hybridized carbons (Fsp3) is 0.333. The lowest BCUT2D eigenvalue weighted by atomic mass is 9.81. The van der Waals surface area contributed by atoms with Crippen molar-refractivity contribution in [3.63, 3.8) is 0 Å². The number of methoxy groups -OCH3 is 2. The Bertz CT molecular complexity index is 926. The number of para-hydroxylation sites is 1. The van der Waals surface area contributed by atoms with Gasteiger partial charge in [-0.3, -0.25) is 9.59 Å². The number of carbonyl (C=O) groups is 2. The van der Waals surface area contributed by atoms with E-state index in [-0.39, 0.29) is 11.8 Å². The first-order chi connectivity index (χ1) is 13.0. The van der Waals surface area contributed by atoms with Gasteiger partial charge in [0, 0.05) is 31.4 Å². The molecule has 1 fully saturated rings. The zero-order chi connectivity index (χ0) is 19.2. The molecule has 0 aromatic heterocycles. The second kappa shape index (κ2) is 6.30. The van der Waals surface area contributed by atoms with Gasteiger partial charge in [0.1, 0.15) is 0 Å². The van der Waals surface area contributed by atoms with Crippen LogP contribution in [0.2, 0.25) is 0 Å². The highest BCUT2D eigenvalue weighted by atomic mass is 16.5. The third-order valence-corrected chi connectivity index (χ3v) is 5.68. The van der Waals surface area contributed by atoms with Crippen molar-refractivity contribution < 1.29 is 19.1 Å². The second-order valence-electron chi connectivity index (χ2n) is 7.01. The van der Waals surface area contributed by atoms with E-state index in [1.807, 2.05) is 24.3 Å². The van der Waals surface area contributed by atoms with Crippen LogP contribution >= 0.6 is 0 Å². The van der Waals surface area contributed by atoms with Crippen LogP contribution in [0.25, 0.3) is 0 Å². The lowest BCUT2D eigenvalue weighted by Crippen LogP contribution is -2.42. The van der Waals surface area contributed by atoms with Crippen LogP contribution in [0.3, 0.4) is 0 Å². The molecule has 1 atom stereocenters. The molecule has 2 aromatic rings. The minimum Gasteiger partial charge on any atom is -0.493 e. The maximum atomic E-state index is 13.1. The maximum absolute atomic E-state index is 13.1. The van der Waals surface area contributed by atoms with Crippen LogP contribution in [-0.2, 0) is 10.2 Å². The van der Waals surface area contributed by atoms with Crippen molar-refractivity contribution >= 4 is 17.5 Å². The summed E-state index contributed by atoms with van der Waals surface area (Å²) in [4.78, 5) is 29.6. The van der Waals surface area contributed by atoms with Crippen LogP contribution in [0.15, 0.2) is 42.5 Å². The molecular weight excluding hydrogens is 344 g/mol. The summed E-state index contributed by atoms with van der Waals surface area (Å²) >= 11 is 0. The van der Waals surface area contributed by atoms with Crippen LogP contribution in [0.5, 0.6) is 11.5 Å². The molecule has 0 aliphatic carbocycles. The van der Waals surface area contributed by atoms with Crippen molar-refractivity contribution in [3.8, 4) is 11.5 Å². The average Bonchev–Trinajstić information content (AvgIpc) is 3.25. The van der Waals surface area contributed by atoms with Crippen molar-refractivity contribution in [2.75, 3.05) is 39.3 Å². The van der Waals surface area contributed by atoms with Crippen LogP contribution in [0.1, 0.15) is 22.3 Å². The van der Waals surface area contributed by atoms with Crippen molar-refractivity contribution in [1.29, 1.82) is 0 Å². The summed E-state index contributed by atoms with van der Waals surface area (Å²) in [6.07, 6.45) is 0.631. The van der Waals surface area contributed by atoms with Crippen LogP contribution < -0.4 is 14.4 Å². The Morgan fingerprint density at radius 1 is 1.07 bits per heavy atom. The third-order valence-electron chi connectivity index (χ3n) is 5.68. The van der Waals surface area contributed by atoms with Gasteiger partial charge in [-0.1, -0.05) is 18.2 Å². The minimum atomic E-state index is -0.641. The smallest absolute Gasteiger partial charge is 0.254 e. The van der Waals surface area contributed by atoms with E-state index in [0.717, 1.165) is 11.3 Å². The number of fused-ring (bicyclic) bond motifs is 2. The zero-order valence-electron chi connectivity index (χ0n) is 15.7. The number of ether oxygens (including phenoxy) is 2. The first-order valence-corrected chi connectivity index (χ1v) is 8.91. The summed E-state index contributed by atoms with van der Waals surface area (Å²) in [7, 11) is 4.90. The molecule has 140 valence electrons. The van der Waals surface area contributed by atoms with Gasteiger partial charge in [-0.2, -0.15) is 0 Å². The van der Waals surface area contributed by atoms with Gasteiger partial charge in [0.05, 0.1) is 19.6 Å². The van der Waals surface area contributed by atoms with E-state index in [9.17, 15) is 9.59 Å². The van der Waals surface area contributed by atoms with Gasteiger partial charge >= 0.3 is 0 Å². The number of amides is 2. The first kappa shape index (κ1) is 17.4. The molecule has 0 saturated carbocycles. The number of rotatable bonds is 3.